The summed E-state index contributed by atoms with van der Waals surface area (Å²) in [4.78, 5) is 30.3. The molecule has 5 rings (SSSR count). The lowest BCUT2D eigenvalue weighted by Gasteiger charge is -2.35. The van der Waals surface area contributed by atoms with Crippen LogP contribution in [-0.4, -0.2) is 43.8 Å². The molecule has 1 unspecified atom stereocenters. The predicted molar refractivity (Wildman–Crippen MR) is 186 cm³/mol. The summed E-state index contributed by atoms with van der Waals surface area (Å²) < 4.78 is 30.0. The van der Waals surface area contributed by atoms with E-state index in [4.69, 9.17) is 11.6 Å². The van der Waals surface area contributed by atoms with E-state index in [0.29, 0.717) is 15.2 Å². The van der Waals surface area contributed by atoms with Gasteiger partial charge in [0.15, 0.2) is 0 Å². The molecule has 1 aliphatic carbocycles. The minimum Gasteiger partial charge on any atom is -0.352 e. The number of amides is 2. The number of rotatable bonds is 12. The highest BCUT2D eigenvalue weighted by atomic mass is 79.9. The molecule has 1 fully saturated rings. The van der Waals surface area contributed by atoms with Gasteiger partial charge in [-0.05, 0) is 66.4 Å². The van der Waals surface area contributed by atoms with E-state index < -0.39 is 28.5 Å². The van der Waals surface area contributed by atoms with E-state index in [9.17, 15) is 18.0 Å². The van der Waals surface area contributed by atoms with Crippen molar-refractivity contribution < 1.29 is 18.0 Å². The Morgan fingerprint density at radius 3 is 2.13 bits per heavy atom. The van der Waals surface area contributed by atoms with Crippen LogP contribution in [-0.2, 0) is 32.6 Å². The fourth-order valence-corrected chi connectivity index (χ4v) is 7.70. The monoisotopic (exact) mass is 721 g/mol. The Bertz CT molecular complexity index is 1720. The van der Waals surface area contributed by atoms with E-state index >= 15 is 0 Å². The second-order valence-corrected chi connectivity index (χ2v) is 14.7. The van der Waals surface area contributed by atoms with Crippen LogP contribution in [0.15, 0.2) is 119 Å². The van der Waals surface area contributed by atoms with Gasteiger partial charge in [-0.15, -0.1) is 0 Å². The minimum atomic E-state index is -4.16. The molecule has 0 spiro atoms. The molecule has 4 aromatic rings. The number of hydrogen-bond acceptors (Lipinski definition) is 4. The number of hydrogen-bond donors (Lipinski definition) is 1. The van der Waals surface area contributed by atoms with Gasteiger partial charge in [0.2, 0.25) is 11.8 Å². The third-order valence-electron chi connectivity index (χ3n) is 8.20. The van der Waals surface area contributed by atoms with E-state index in [1.807, 2.05) is 42.5 Å². The van der Waals surface area contributed by atoms with Crippen molar-refractivity contribution in [2.75, 3.05) is 10.8 Å². The van der Waals surface area contributed by atoms with Crippen LogP contribution in [0.5, 0.6) is 0 Å². The highest BCUT2D eigenvalue weighted by molar-refractivity contribution is 9.10. The quantitative estimate of drug-likeness (QED) is 0.165. The molecule has 0 saturated heterocycles. The first-order chi connectivity index (χ1) is 22.2. The molecule has 0 radical (unpaired) electrons. The first kappa shape index (κ1) is 33.7. The third kappa shape index (κ3) is 8.78. The molecule has 4 aromatic carbocycles. The fourth-order valence-electron chi connectivity index (χ4n) is 5.76. The first-order valence-electron chi connectivity index (χ1n) is 15.4. The van der Waals surface area contributed by atoms with Crippen molar-refractivity contribution in [2.45, 2.75) is 62.0 Å². The minimum absolute atomic E-state index is 0.0311. The van der Waals surface area contributed by atoms with E-state index in [2.05, 4.69) is 21.2 Å². The Hall–Kier alpha value is -3.66. The highest BCUT2D eigenvalue weighted by Gasteiger charge is 2.35. The summed E-state index contributed by atoms with van der Waals surface area (Å²) in [5.41, 5.74) is 1.98. The normalized spacial score (nSPS) is 14.3. The maximum atomic E-state index is 14.6. The standard InChI is InChI=1S/C36H37BrClN3O4S/c37-29-13-10-16-32(24-29)41(46(44,45)33-17-8-3-9-18-33)26-35(42)40(25-28-19-21-30(38)22-20-28)34(23-27-11-4-1-5-12-27)36(43)39-31-14-6-2-7-15-31/h1,3-5,8-13,16-22,24,31,34H,2,6-7,14-15,23,25-26H2,(H,39,43). The molecule has 1 saturated carbocycles. The van der Waals surface area contributed by atoms with Crippen molar-refractivity contribution >= 4 is 55.1 Å². The van der Waals surface area contributed by atoms with Crippen molar-refractivity contribution in [3.63, 3.8) is 0 Å². The number of sulfonamides is 1. The molecule has 0 aliphatic heterocycles. The Morgan fingerprint density at radius 2 is 1.48 bits per heavy atom. The zero-order valence-corrected chi connectivity index (χ0v) is 28.6. The topological polar surface area (TPSA) is 86.8 Å². The van der Waals surface area contributed by atoms with Crippen molar-refractivity contribution in [3.05, 3.63) is 130 Å². The summed E-state index contributed by atoms with van der Waals surface area (Å²) in [7, 11) is -4.16. The molecule has 10 heteroatoms. The zero-order chi connectivity index (χ0) is 32.5. The molecule has 1 aliphatic rings. The van der Waals surface area contributed by atoms with Crippen LogP contribution in [0.4, 0.5) is 5.69 Å². The third-order valence-corrected chi connectivity index (χ3v) is 10.7. The number of nitrogens with one attached hydrogen (secondary N) is 1. The molecule has 0 bridgehead atoms. The van der Waals surface area contributed by atoms with Gasteiger partial charge < -0.3 is 10.2 Å². The molecule has 1 N–H and O–H groups in total. The molecule has 0 aromatic heterocycles. The lowest BCUT2D eigenvalue weighted by atomic mass is 9.94. The summed E-state index contributed by atoms with van der Waals surface area (Å²) in [6.07, 6.45) is 5.27. The molecular weight excluding hydrogens is 686 g/mol. The highest BCUT2D eigenvalue weighted by Crippen LogP contribution is 2.28. The molecule has 1 atom stereocenters. The summed E-state index contributed by atoms with van der Waals surface area (Å²) in [6.45, 7) is -0.424. The average molecular weight is 723 g/mol. The van der Waals surface area contributed by atoms with E-state index in [0.717, 1.165) is 47.5 Å². The lowest BCUT2D eigenvalue weighted by Crippen LogP contribution is -2.55. The van der Waals surface area contributed by atoms with Crippen molar-refractivity contribution in [1.82, 2.24) is 10.2 Å². The van der Waals surface area contributed by atoms with Crippen LogP contribution in [0.1, 0.15) is 43.2 Å². The van der Waals surface area contributed by atoms with Gasteiger partial charge in [-0.3, -0.25) is 13.9 Å². The predicted octanol–water partition coefficient (Wildman–Crippen LogP) is 7.39. The van der Waals surface area contributed by atoms with E-state index in [1.54, 1.807) is 54.6 Å². The number of anilines is 1. The first-order valence-corrected chi connectivity index (χ1v) is 18.0. The Balaban J connectivity index is 1.55. The molecule has 240 valence electrons. The van der Waals surface area contributed by atoms with Gasteiger partial charge in [-0.25, -0.2) is 8.42 Å². The summed E-state index contributed by atoms with van der Waals surface area (Å²) in [5, 5.41) is 3.77. The Morgan fingerprint density at radius 1 is 0.826 bits per heavy atom. The molecule has 0 heterocycles. The second-order valence-electron chi connectivity index (χ2n) is 11.5. The van der Waals surface area contributed by atoms with Gasteiger partial charge in [0.05, 0.1) is 10.6 Å². The number of benzene rings is 4. The molecule has 46 heavy (non-hydrogen) atoms. The smallest absolute Gasteiger partial charge is 0.264 e. The van der Waals surface area contributed by atoms with Crippen LogP contribution >= 0.6 is 27.5 Å². The maximum Gasteiger partial charge on any atom is 0.264 e. The number of nitrogens with zero attached hydrogens (tertiary/aromatic N) is 2. The molecular formula is C36H37BrClN3O4S. The van der Waals surface area contributed by atoms with E-state index in [1.165, 1.54) is 17.0 Å². The summed E-state index contributed by atoms with van der Waals surface area (Å²) in [6, 6.07) is 30.7. The largest absolute Gasteiger partial charge is 0.352 e. The van der Waals surface area contributed by atoms with Gasteiger partial charge in [0, 0.05) is 28.5 Å². The Kier molecular flexibility index (Phi) is 11.5. The fraction of sp³-hybridized carbons (Fsp3) is 0.278. The van der Waals surface area contributed by atoms with Gasteiger partial charge >= 0.3 is 0 Å². The summed E-state index contributed by atoms with van der Waals surface area (Å²) in [5.74, 6) is -0.757. The van der Waals surface area contributed by atoms with Crippen LogP contribution in [0.3, 0.4) is 0 Å². The van der Waals surface area contributed by atoms with E-state index in [-0.39, 0.29) is 29.8 Å². The number of halogens is 2. The molecule has 7 nitrogen and oxygen atoms in total. The van der Waals surface area contributed by atoms with Gasteiger partial charge in [0.1, 0.15) is 12.6 Å². The average Bonchev–Trinajstić information content (AvgIpc) is 3.07. The van der Waals surface area contributed by atoms with Gasteiger partial charge in [-0.1, -0.05) is 114 Å². The van der Waals surface area contributed by atoms with Crippen LogP contribution in [0.25, 0.3) is 0 Å². The number of carbonyl (C=O) groups is 2. The van der Waals surface area contributed by atoms with Crippen LogP contribution < -0.4 is 9.62 Å². The van der Waals surface area contributed by atoms with Crippen LogP contribution in [0.2, 0.25) is 5.02 Å². The maximum absolute atomic E-state index is 14.6. The van der Waals surface area contributed by atoms with Crippen LogP contribution in [0, 0.1) is 0 Å². The number of carbonyl (C=O) groups excluding carboxylic acids is 2. The van der Waals surface area contributed by atoms with Crippen molar-refractivity contribution in [3.8, 4) is 0 Å². The van der Waals surface area contributed by atoms with Gasteiger partial charge in [-0.2, -0.15) is 0 Å². The SMILES string of the molecule is O=C(NC1CCCCC1)C(Cc1ccccc1)N(Cc1ccc(Cl)cc1)C(=O)CN(c1cccc(Br)c1)S(=O)(=O)c1ccccc1. The van der Waals surface area contributed by atoms with Crippen molar-refractivity contribution in [2.24, 2.45) is 0 Å². The molecule has 2 amide bonds. The summed E-state index contributed by atoms with van der Waals surface area (Å²) >= 11 is 9.62. The van der Waals surface area contributed by atoms with Crippen molar-refractivity contribution in [1.29, 1.82) is 0 Å². The van der Waals surface area contributed by atoms with Gasteiger partial charge in [0.25, 0.3) is 10.0 Å². The Labute approximate surface area is 284 Å². The zero-order valence-electron chi connectivity index (χ0n) is 25.4. The second kappa shape index (κ2) is 15.8. The lowest BCUT2D eigenvalue weighted by molar-refractivity contribution is -0.140.